The highest BCUT2D eigenvalue weighted by Gasteiger charge is 2.37. The number of hydrogen-bond acceptors (Lipinski definition) is 7. The maximum atomic E-state index is 13.0. The second-order valence-electron chi connectivity index (χ2n) is 6.96. The van der Waals surface area contributed by atoms with Gasteiger partial charge in [0.05, 0.1) is 23.4 Å². The van der Waals surface area contributed by atoms with E-state index < -0.39 is 34.6 Å². The van der Waals surface area contributed by atoms with Crippen LogP contribution >= 0.6 is 0 Å². The fourth-order valence-corrected chi connectivity index (χ4v) is 3.32. The van der Waals surface area contributed by atoms with Gasteiger partial charge >= 0.3 is 5.69 Å². The van der Waals surface area contributed by atoms with Crippen LogP contribution in [0.1, 0.15) is 26.3 Å². The van der Waals surface area contributed by atoms with Crippen molar-refractivity contribution in [3.63, 3.8) is 0 Å². The number of carbonyl (C=O) groups excluding carboxylic acids is 2. The van der Waals surface area contributed by atoms with Gasteiger partial charge in [0.25, 0.3) is 17.4 Å². The minimum Gasteiger partial charge on any atom is -0.493 e. The molecule has 2 aromatic carbocycles. The van der Waals surface area contributed by atoms with Crippen LogP contribution in [0.2, 0.25) is 0 Å². The molecule has 0 bridgehead atoms. The van der Waals surface area contributed by atoms with E-state index in [1.807, 2.05) is 30.3 Å². The van der Waals surface area contributed by atoms with Gasteiger partial charge in [-0.1, -0.05) is 36.4 Å². The molecule has 0 fully saturated rings. The quantitative estimate of drug-likeness (QED) is 0.511. The van der Waals surface area contributed by atoms with Crippen molar-refractivity contribution in [2.75, 3.05) is 0 Å². The van der Waals surface area contributed by atoms with Crippen molar-refractivity contribution in [1.82, 2.24) is 14.0 Å². The molecule has 0 saturated carbocycles. The Labute approximate surface area is 175 Å². The summed E-state index contributed by atoms with van der Waals surface area (Å²) < 4.78 is 1.63. The number of rotatable bonds is 4. The lowest BCUT2D eigenvalue weighted by Gasteiger charge is -2.13. The van der Waals surface area contributed by atoms with E-state index in [1.165, 1.54) is 26.2 Å². The standard InChI is InChI=1S/C21H17N5O5/c1-24-19(29)16(20(30)25(2)21(24)31)23-22-14-10-6-9-13-15(14)18(28)26(17(13)27)11-12-7-4-3-5-8-12/h3-10,29H,11H2,1-2H3. The maximum Gasteiger partial charge on any atom is 0.333 e. The Bertz CT molecular complexity index is 1370. The molecule has 0 saturated heterocycles. The number of amides is 2. The zero-order chi connectivity index (χ0) is 22.3. The van der Waals surface area contributed by atoms with Crippen LogP contribution in [0.3, 0.4) is 0 Å². The van der Waals surface area contributed by atoms with Crippen molar-refractivity contribution >= 4 is 23.2 Å². The van der Waals surface area contributed by atoms with Crippen LogP contribution in [0.5, 0.6) is 5.88 Å². The SMILES string of the molecule is Cn1c(O)c(N=Nc2cccc3c2C(=O)N(Cc2ccccc2)C3=O)c(=O)n(C)c1=O. The Morgan fingerprint density at radius 2 is 1.55 bits per heavy atom. The first-order valence-corrected chi connectivity index (χ1v) is 9.25. The summed E-state index contributed by atoms with van der Waals surface area (Å²) in [5, 5.41) is 17.9. The van der Waals surface area contributed by atoms with Crippen LogP contribution < -0.4 is 11.2 Å². The number of carbonyl (C=O) groups is 2. The summed E-state index contributed by atoms with van der Waals surface area (Å²) in [7, 11) is 2.52. The highest BCUT2D eigenvalue weighted by molar-refractivity contribution is 6.23. The fourth-order valence-electron chi connectivity index (χ4n) is 3.32. The largest absolute Gasteiger partial charge is 0.493 e. The zero-order valence-corrected chi connectivity index (χ0v) is 16.6. The van der Waals surface area contributed by atoms with Crippen LogP contribution in [0.15, 0.2) is 68.3 Å². The van der Waals surface area contributed by atoms with E-state index in [9.17, 15) is 24.3 Å². The van der Waals surface area contributed by atoms with Gasteiger partial charge in [0.2, 0.25) is 11.6 Å². The lowest BCUT2D eigenvalue weighted by Crippen LogP contribution is -2.36. The van der Waals surface area contributed by atoms with Gasteiger partial charge in [-0.2, -0.15) is 0 Å². The molecule has 1 aromatic heterocycles. The van der Waals surface area contributed by atoms with E-state index in [1.54, 1.807) is 6.07 Å². The molecular formula is C21H17N5O5. The van der Waals surface area contributed by atoms with Crippen molar-refractivity contribution in [2.24, 2.45) is 24.3 Å². The van der Waals surface area contributed by atoms with E-state index in [4.69, 9.17) is 0 Å². The van der Waals surface area contributed by atoms with E-state index in [0.717, 1.165) is 19.6 Å². The third kappa shape index (κ3) is 3.23. The third-order valence-electron chi connectivity index (χ3n) is 5.03. The lowest BCUT2D eigenvalue weighted by molar-refractivity contribution is 0.0642. The van der Waals surface area contributed by atoms with Crippen molar-refractivity contribution in [3.05, 3.63) is 86.1 Å². The number of aromatic nitrogens is 2. The first kappa shape index (κ1) is 20.0. The van der Waals surface area contributed by atoms with Crippen molar-refractivity contribution < 1.29 is 14.7 Å². The summed E-state index contributed by atoms with van der Waals surface area (Å²) in [6.45, 7) is 0.103. The van der Waals surface area contributed by atoms with Gasteiger partial charge in [0, 0.05) is 14.1 Å². The number of hydrogen-bond donors (Lipinski definition) is 1. The number of imide groups is 1. The molecule has 0 unspecified atom stereocenters. The molecular weight excluding hydrogens is 402 g/mol. The molecule has 3 aromatic rings. The van der Waals surface area contributed by atoms with E-state index in [0.29, 0.717) is 0 Å². The smallest absolute Gasteiger partial charge is 0.333 e. The Morgan fingerprint density at radius 3 is 2.26 bits per heavy atom. The fraction of sp³-hybridized carbons (Fsp3) is 0.143. The van der Waals surface area contributed by atoms with Crippen LogP contribution in [-0.4, -0.2) is 31.0 Å². The molecule has 0 spiro atoms. The molecule has 10 heteroatoms. The van der Waals surface area contributed by atoms with Crippen molar-refractivity contribution in [1.29, 1.82) is 0 Å². The molecule has 156 valence electrons. The maximum absolute atomic E-state index is 13.0. The topological polar surface area (TPSA) is 126 Å². The molecule has 1 aliphatic heterocycles. The minimum absolute atomic E-state index is 0.0633. The Balaban J connectivity index is 1.74. The first-order valence-electron chi connectivity index (χ1n) is 9.25. The molecule has 1 aliphatic rings. The Hall–Kier alpha value is -4.34. The molecule has 10 nitrogen and oxygen atoms in total. The van der Waals surface area contributed by atoms with Gasteiger partial charge in [0.15, 0.2) is 0 Å². The monoisotopic (exact) mass is 419 g/mol. The molecule has 1 N–H and O–H groups in total. The van der Waals surface area contributed by atoms with Crippen LogP contribution in [0.4, 0.5) is 11.4 Å². The number of nitrogens with zero attached hydrogens (tertiary/aromatic N) is 5. The average Bonchev–Trinajstić information content (AvgIpc) is 3.02. The Morgan fingerprint density at radius 1 is 0.839 bits per heavy atom. The average molecular weight is 419 g/mol. The second kappa shape index (κ2) is 7.48. The van der Waals surface area contributed by atoms with E-state index >= 15 is 0 Å². The zero-order valence-electron chi connectivity index (χ0n) is 16.6. The van der Waals surface area contributed by atoms with Crippen LogP contribution in [0, 0.1) is 0 Å². The van der Waals surface area contributed by atoms with Gasteiger partial charge < -0.3 is 5.11 Å². The highest BCUT2D eigenvalue weighted by atomic mass is 16.3. The van der Waals surface area contributed by atoms with Crippen LogP contribution in [0.25, 0.3) is 0 Å². The summed E-state index contributed by atoms with van der Waals surface area (Å²) in [4.78, 5) is 51.0. The summed E-state index contributed by atoms with van der Waals surface area (Å²) in [5.74, 6) is -1.64. The summed E-state index contributed by atoms with van der Waals surface area (Å²) >= 11 is 0. The predicted molar refractivity (Wildman–Crippen MR) is 110 cm³/mol. The van der Waals surface area contributed by atoms with Gasteiger partial charge in [0.1, 0.15) is 0 Å². The van der Waals surface area contributed by atoms with E-state index in [2.05, 4.69) is 10.2 Å². The van der Waals surface area contributed by atoms with Gasteiger partial charge in [-0.3, -0.25) is 28.4 Å². The summed E-state index contributed by atoms with van der Waals surface area (Å²) in [5.41, 5.74) is -0.923. The molecule has 4 rings (SSSR count). The van der Waals surface area contributed by atoms with Crippen LogP contribution in [-0.2, 0) is 20.6 Å². The summed E-state index contributed by atoms with van der Waals surface area (Å²) in [6.07, 6.45) is 0. The van der Waals surface area contributed by atoms with Gasteiger partial charge in [-0.25, -0.2) is 4.79 Å². The predicted octanol–water partition coefficient (Wildman–Crippen LogP) is 2.00. The molecule has 2 amide bonds. The molecule has 0 aliphatic carbocycles. The lowest BCUT2D eigenvalue weighted by atomic mass is 10.1. The third-order valence-corrected chi connectivity index (χ3v) is 5.03. The molecule has 31 heavy (non-hydrogen) atoms. The number of benzene rings is 2. The van der Waals surface area contributed by atoms with Crippen molar-refractivity contribution in [3.8, 4) is 5.88 Å². The first-order chi connectivity index (χ1) is 14.8. The Kier molecular flexibility index (Phi) is 4.82. The number of azo groups is 1. The molecule has 0 radical (unpaired) electrons. The molecule has 2 heterocycles. The van der Waals surface area contributed by atoms with Gasteiger partial charge in [-0.15, -0.1) is 10.2 Å². The minimum atomic E-state index is -0.843. The summed E-state index contributed by atoms with van der Waals surface area (Å²) in [6, 6.07) is 13.6. The van der Waals surface area contributed by atoms with Crippen molar-refractivity contribution in [2.45, 2.75) is 6.54 Å². The second-order valence-corrected chi connectivity index (χ2v) is 6.96. The number of aromatic hydroxyl groups is 1. The van der Waals surface area contributed by atoms with Gasteiger partial charge in [-0.05, 0) is 17.7 Å². The molecule has 0 atom stereocenters. The highest BCUT2D eigenvalue weighted by Crippen LogP contribution is 2.33. The van der Waals surface area contributed by atoms with E-state index in [-0.39, 0.29) is 23.4 Å². The normalized spacial score (nSPS) is 13.3. The number of fused-ring (bicyclic) bond motifs is 1.